The molecule has 1 aliphatic heterocycles. The standard InChI is InChI=1S/C21H23NO4/c1-25-19-13-17(12-18(14-19)21(24)26-2)15-6-8-16(9-7-15)20(23)22-10-4-3-5-11-22/h6-9,12-14H,3-5,10-11H2,1-2H3. The molecule has 1 fully saturated rings. The molecular weight excluding hydrogens is 330 g/mol. The average molecular weight is 353 g/mol. The van der Waals surface area contributed by atoms with Crippen molar-refractivity contribution in [1.82, 2.24) is 4.90 Å². The van der Waals surface area contributed by atoms with E-state index < -0.39 is 5.97 Å². The summed E-state index contributed by atoms with van der Waals surface area (Å²) in [5.74, 6) is 0.246. The van der Waals surface area contributed by atoms with Gasteiger partial charge in [0.1, 0.15) is 5.75 Å². The maximum absolute atomic E-state index is 12.6. The summed E-state index contributed by atoms with van der Waals surface area (Å²) in [5, 5.41) is 0. The van der Waals surface area contributed by atoms with Crippen molar-refractivity contribution in [2.24, 2.45) is 0 Å². The quantitative estimate of drug-likeness (QED) is 0.785. The molecular formula is C21H23NO4. The number of amides is 1. The van der Waals surface area contributed by atoms with Gasteiger partial charge in [-0.3, -0.25) is 4.79 Å². The summed E-state index contributed by atoms with van der Waals surface area (Å²) >= 11 is 0. The van der Waals surface area contributed by atoms with Gasteiger partial charge in [-0.25, -0.2) is 4.79 Å². The highest BCUT2D eigenvalue weighted by Crippen LogP contribution is 2.27. The van der Waals surface area contributed by atoms with Crippen molar-refractivity contribution in [3.63, 3.8) is 0 Å². The van der Waals surface area contributed by atoms with E-state index in [0.29, 0.717) is 16.9 Å². The normalized spacial score (nSPS) is 14.0. The van der Waals surface area contributed by atoms with Crippen LogP contribution in [0.1, 0.15) is 40.0 Å². The molecule has 1 heterocycles. The minimum absolute atomic E-state index is 0.0807. The summed E-state index contributed by atoms with van der Waals surface area (Å²) in [6, 6.07) is 12.7. The summed E-state index contributed by atoms with van der Waals surface area (Å²) in [5.41, 5.74) is 2.85. The molecule has 5 nitrogen and oxygen atoms in total. The summed E-state index contributed by atoms with van der Waals surface area (Å²) in [6.07, 6.45) is 3.34. The molecule has 0 bridgehead atoms. The van der Waals surface area contributed by atoms with E-state index in [4.69, 9.17) is 9.47 Å². The van der Waals surface area contributed by atoms with Crippen LogP contribution in [-0.2, 0) is 4.74 Å². The average Bonchev–Trinajstić information content (AvgIpc) is 2.73. The van der Waals surface area contributed by atoms with Crippen molar-refractivity contribution in [3.8, 4) is 16.9 Å². The molecule has 1 aliphatic rings. The number of rotatable bonds is 4. The predicted molar refractivity (Wildman–Crippen MR) is 99.5 cm³/mol. The number of methoxy groups -OCH3 is 2. The summed E-state index contributed by atoms with van der Waals surface area (Å²) < 4.78 is 10.1. The molecule has 0 radical (unpaired) electrons. The number of piperidine rings is 1. The summed E-state index contributed by atoms with van der Waals surface area (Å²) in [6.45, 7) is 1.66. The van der Waals surface area contributed by atoms with E-state index in [1.807, 2.05) is 35.2 Å². The molecule has 26 heavy (non-hydrogen) atoms. The van der Waals surface area contributed by atoms with Crippen molar-refractivity contribution < 1.29 is 19.1 Å². The first kappa shape index (κ1) is 18.0. The van der Waals surface area contributed by atoms with E-state index in [1.165, 1.54) is 13.5 Å². The fraction of sp³-hybridized carbons (Fsp3) is 0.333. The van der Waals surface area contributed by atoms with Crippen LogP contribution in [-0.4, -0.2) is 44.1 Å². The molecule has 2 aromatic carbocycles. The minimum Gasteiger partial charge on any atom is -0.497 e. The topological polar surface area (TPSA) is 55.8 Å². The number of hydrogen-bond acceptors (Lipinski definition) is 4. The van der Waals surface area contributed by atoms with Crippen LogP contribution in [0.2, 0.25) is 0 Å². The third kappa shape index (κ3) is 3.87. The zero-order chi connectivity index (χ0) is 18.5. The highest BCUT2D eigenvalue weighted by atomic mass is 16.5. The lowest BCUT2D eigenvalue weighted by Crippen LogP contribution is -2.35. The highest BCUT2D eigenvalue weighted by Gasteiger charge is 2.18. The van der Waals surface area contributed by atoms with Gasteiger partial charge in [0.25, 0.3) is 5.91 Å². The molecule has 5 heteroatoms. The zero-order valence-electron chi connectivity index (χ0n) is 15.2. The van der Waals surface area contributed by atoms with Crippen LogP contribution < -0.4 is 4.74 Å². The number of carbonyl (C=O) groups is 2. The van der Waals surface area contributed by atoms with Crippen LogP contribution in [0, 0.1) is 0 Å². The number of ether oxygens (including phenoxy) is 2. The fourth-order valence-corrected chi connectivity index (χ4v) is 3.20. The van der Waals surface area contributed by atoms with Gasteiger partial charge in [0, 0.05) is 18.7 Å². The lowest BCUT2D eigenvalue weighted by molar-refractivity contribution is 0.0600. The third-order valence-corrected chi connectivity index (χ3v) is 4.67. The van der Waals surface area contributed by atoms with Crippen LogP contribution >= 0.6 is 0 Å². The van der Waals surface area contributed by atoms with Gasteiger partial charge in [-0.15, -0.1) is 0 Å². The molecule has 0 aliphatic carbocycles. The Bertz CT molecular complexity index is 792. The Balaban J connectivity index is 1.86. The molecule has 1 saturated heterocycles. The number of esters is 1. The molecule has 0 N–H and O–H groups in total. The monoisotopic (exact) mass is 353 g/mol. The lowest BCUT2D eigenvalue weighted by atomic mass is 10.0. The van der Waals surface area contributed by atoms with Crippen LogP contribution in [0.15, 0.2) is 42.5 Å². The molecule has 0 unspecified atom stereocenters. The molecule has 0 saturated carbocycles. The molecule has 136 valence electrons. The van der Waals surface area contributed by atoms with Gasteiger partial charge in [0.05, 0.1) is 19.8 Å². The van der Waals surface area contributed by atoms with E-state index in [9.17, 15) is 9.59 Å². The van der Waals surface area contributed by atoms with Crippen molar-refractivity contribution in [3.05, 3.63) is 53.6 Å². The second-order valence-electron chi connectivity index (χ2n) is 6.37. The van der Waals surface area contributed by atoms with Crippen LogP contribution in [0.25, 0.3) is 11.1 Å². The Morgan fingerprint density at radius 3 is 2.15 bits per heavy atom. The SMILES string of the molecule is COC(=O)c1cc(OC)cc(-c2ccc(C(=O)N3CCCCC3)cc2)c1. The van der Waals surface area contributed by atoms with Gasteiger partial charge in [-0.1, -0.05) is 12.1 Å². The van der Waals surface area contributed by atoms with E-state index in [1.54, 1.807) is 19.2 Å². The van der Waals surface area contributed by atoms with Crippen LogP contribution in [0.3, 0.4) is 0 Å². The number of benzene rings is 2. The van der Waals surface area contributed by atoms with Gasteiger partial charge < -0.3 is 14.4 Å². The molecule has 3 rings (SSSR count). The van der Waals surface area contributed by atoms with Crippen molar-refractivity contribution in [2.45, 2.75) is 19.3 Å². The first-order valence-electron chi connectivity index (χ1n) is 8.79. The number of likely N-dealkylation sites (tertiary alicyclic amines) is 1. The largest absolute Gasteiger partial charge is 0.497 e. The minimum atomic E-state index is -0.415. The van der Waals surface area contributed by atoms with Gasteiger partial charge >= 0.3 is 5.97 Å². The van der Waals surface area contributed by atoms with Gasteiger partial charge in [-0.05, 0) is 60.7 Å². The molecule has 2 aromatic rings. The maximum atomic E-state index is 12.6. The van der Waals surface area contributed by atoms with Crippen molar-refractivity contribution in [1.29, 1.82) is 0 Å². The van der Waals surface area contributed by atoms with Crippen LogP contribution in [0.5, 0.6) is 5.75 Å². The van der Waals surface area contributed by atoms with Gasteiger partial charge in [-0.2, -0.15) is 0 Å². The number of hydrogen-bond donors (Lipinski definition) is 0. The Labute approximate surface area is 153 Å². The highest BCUT2D eigenvalue weighted by molar-refractivity contribution is 5.95. The second kappa shape index (κ2) is 8.04. The first-order chi connectivity index (χ1) is 12.6. The van der Waals surface area contributed by atoms with E-state index >= 15 is 0 Å². The molecule has 0 spiro atoms. The van der Waals surface area contributed by atoms with Gasteiger partial charge in [0.2, 0.25) is 0 Å². The van der Waals surface area contributed by atoms with E-state index in [2.05, 4.69) is 0 Å². The van der Waals surface area contributed by atoms with E-state index in [0.717, 1.165) is 37.1 Å². The third-order valence-electron chi connectivity index (χ3n) is 4.67. The molecule has 0 aromatic heterocycles. The summed E-state index contributed by atoms with van der Waals surface area (Å²) in [7, 11) is 2.91. The fourth-order valence-electron chi connectivity index (χ4n) is 3.20. The van der Waals surface area contributed by atoms with Gasteiger partial charge in [0.15, 0.2) is 0 Å². The second-order valence-corrected chi connectivity index (χ2v) is 6.37. The van der Waals surface area contributed by atoms with Crippen molar-refractivity contribution >= 4 is 11.9 Å². The number of carbonyl (C=O) groups excluding carboxylic acids is 2. The zero-order valence-corrected chi connectivity index (χ0v) is 15.2. The Morgan fingerprint density at radius 2 is 1.54 bits per heavy atom. The molecule has 0 atom stereocenters. The Hall–Kier alpha value is -2.82. The van der Waals surface area contributed by atoms with Crippen LogP contribution in [0.4, 0.5) is 0 Å². The Morgan fingerprint density at radius 1 is 0.846 bits per heavy atom. The van der Waals surface area contributed by atoms with E-state index in [-0.39, 0.29) is 5.91 Å². The number of nitrogens with zero attached hydrogens (tertiary/aromatic N) is 1. The first-order valence-corrected chi connectivity index (χ1v) is 8.79. The molecule has 1 amide bonds. The Kier molecular flexibility index (Phi) is 5.56. The van der Waals surface area contributed by atoms with Crippen molar-refractivity contribution in [2.75, 3.05) is 27.3 Å². The lowest BCUT2D eigenvalue weighted by Gasteiger charge is -2.26. The smallest absolute Gasteiger partial charge is 0.338 e. The predicted octanol–water partition coefficient (Wildman–Crippen LogP) is 3.77. The maximum Gasteiger partial charge on any atom is 0.338 e. The summed E-state index contributed by atoms with van der Waals surface area (Å²) in [4.78, 5) is 26.3.